The second-order valence-corrected chi connectivity index (χ2v) is 6.91. The minimum absolute atomic E-state index is 0.00239. The zero-order valence-electron chi connectivity index (χ0n) is 15.3. The first-order chi connectivity index (χ1) is 12.7. The molecule has 1 aliphatic heterocycles. The van der Waals surface area contributed by atoms with Crippen LogP contribution in [-0.2, 0) is 6.42 Å². The molecule has 0 aliphatic carbocycles. The summed E-state index contributed by atoms with van der Waals surface area (Å²) < 4.78 is 1.91. The van der Waals surface area contributed by atoms with Gasteiger partial charge in [0.05, 0.1) is 6.04 Å². The first-order valence-electron chi connectivity index (χ1n) is 9.21. The van der Waals surface area contributed by atoms with Crippen LogP contribution in [-0.4, -0.2) is 39.8 Å². The Kier molecular flexibility index (Phi) is 4.47. The maximum Gasteiger partial charge on any atom is 0.274 e. The molecule has 1 saturated heterocycles. The Hall–Kier alpha value is -2.66. The summed E-state index contributed by atoms with van der Waals surface area (Å²) in [5.74, 6) is -0.00239. The van der Waals surface area contributed by atoms with Crippen LogP contribution in [0.3, 0.4) is 0 Å². The smallest absolute Gasteiger partial charge is 0.274 e. The summed E-state index contributed by atoms with van der Waals surface area (Å²) in [4.78, 5) is 19.7. The average molecular weight is 348 g/mol. The molecular weight excluding hydrogens is 324 g/mol. The lowest BCUT2D eigenvalue weighted by molar-refractivity contribution is 0.0629. The topological polar surface area (TPSA) is 49.6 Å². The number of fused-ring (bicyclic) bond motifs is 1. The van der Waals surface area contributed by atoms with Crippen LogP contribution in [0.4, 0.5) is 0 Å². The van der Waals surface area contributed by atoms with E-state index in [9.17, 15) is 4.79 Å². The van der Waals surface area contributed by atoms with Gasteiger partial charge in [0.2, 0.25) is 0 Å². The predicted octanol–water partition coefficient (Wildman–Crippen LogP) is 2.99. The lowest BCUT2D eigenvalue weighted by atomic mass is 10.0. The maximum atomic E-state index is 13.2. The first kappa shape index (κ1) is 16.8. The third-order valence-electron chi connectivity index (χ3n) is 5.11. The Morgan fingerprint density at radius 1 is 1.27 bits per heavy atom. The van der Waals surface area contributed by atoms with Crippen molar-refractivity contribution in [1.29, 1.82) is 0 Å². The number of rotatable bonds is 3. The normalized spacial score (nSPS) is 17.6. The highest BCUT2D eigenvalue weighted by Crippen LogP contribution is 2.25. The van der Waals surface area contributed by atoms with Gasteiger partial charge in [-0.15, -0.1) is 0 Å². The summed E-state index contributed by atoms with van der Waals surface area (Å²) in [5.41, 5.74) is 4.94. The van der Waals surface area contributed by atoms with Gasteiger partial charge in [0.1, 0.15) is 11.3 Å². The summed E-state index contributed by atoms with van der Waals surface area (Å²) in [5, 5.41) is 3.41. The molecular formula is C21H24N4O. The molecule has 26 heavy (non-hydrogen) atoms. The largest absolute Gasteiger partial charge is 0.328 e. The third-order valence-corrected chi connectivity index (χ3v) is 5.11. The van der Waals surface area contributed by atoms with Crippen LogP contribution >= 0.6 is 0 Å². The Balaban J connectivity index is 1.64. The molecule has 5 nitrogen and oxygen atoms in total. The number of nitrogens with one attached hydrogen (secondary N) is 1. The molecule has 1 amide bonds. The fourth-order valence-electron chi connectivity index (χ4n) is 3.55. The predicted molar refractivity (Wildman–Crippen MR) is 102 cm³/mol. The molecule has 134 valence electrons. The second kappa shape index (κ2) is 6.92. The van der Waals surface area contributed by atoms with Gasteiger partial charge in [-0.05, 0) is 42.2 Å². The first-order valence-corrected chi connectivity index (χ1v) is 9.21. The number of nitrogens with zero attached hydrogens (tertiary/aromatic N) is 3. The van der Waals surface area contributed by atoms with Crippen LogP contribution in [0.15, 0.2) is 48.8 Å². The number of carbonyl (C=O) groups excluding carboxylic acids is 1. The number of amides is 1. The van der Waals surface area contributed by atoms with E-state index in [1.807, 2.05) is 40.8 Å². The fourth-order valence-corrected chi connectivity index (χ4v) is 3.55. The van der Waals surface area contributed by atoms with Gasteiger partial charge in [0.25, 0.3) is 5.91 Å². The van der Waals surface area contributed by atoms with Crippen LogP contribution < -0.4 is 5.32 Å². The lowest BCUT2D eigenvalue weighted by Crippen LogP contribution is -2.48. The van der Waals surface area contributed by atoms with Gasteiger partial charge in [0.15, 0.2) is 0 Å². The molecule has 0 saturated carbocycles. The highest BCUT2D eigenvalue weighted by atomic mass is 16.2. The monoisotopic (exact) mass is 348 g/mol. The van der Waals surface area contributed by atoms with E-state index in [-0.39, 0.29) is 11.9 Å². The molecule has 4 rings (SSSR count). The number of aromatic nitrogens is 2. The minimum Gasteiger partial charge on any atom is -0.328 e. The standard InChI is InChI=1S/C21H24N4O/c1-3-16-4-6-17(7-5-16)19-13-22-9-11-25(19)21(26)18-14-24-10-8-15(2)12-20(24)23-18/h4-8,10,12,14,19,22H,3,9,11,13H2,1-2H3. The molecule has 3 aromatic rings. The van der Waals surface area contributed by atoms with Crippen molar-refractivity contribution in [3.8, 4) is 0 Å². The number of hydrogen-bond acceptors (Lipinski definition) is 3. The molecule has 0 radical (unpaired) electrons. The van der Waals surface area contributed by atoms with Crippen molar-refractivity contribution in [1.82, 2.24) is 19.6 Å². The van der Waals surface area contributed by atoms with Crippen LogP contribution in [0.2, 0.25) is 0 Å². The van der Waals surface area contributed by atoms with Crippen LogP contribution in [0.25, 0.3) is 5.65 Å². The van der Waals surface area contributed by atoms with Gasteiger partial charge in [-0.3, -0.25) is 4.79 Å². The van der Waals surface area contributed by atoms with Crippen LogP contribution in [0, 0.1) is 6.92 Å². The highest BCUT2D eigenvalue weighted by molar-refractivity contribution is 5.93. The Bertz CT molecular complexity index is 929. The Morgan fingerprint density at radius 3 is 2.85 bits per heavy atom. The Morgan fingerprint density at radius 2 is 2.08 bits per heavy atom. The van der Waals surface area contributed by atoms with Crippen LogP contribution in [0.1, 0.15) is 40.1 Å². The third kappa shape index (κ3) is 3.10. The number of carbonyl (C=O) groups is 1. The molecule has 1 atom stereocenters. The minimum atomic E-state index is -0.00239. The molecule has 1 aliphatic rings. The van der Waals surface area contributed by atoms with Gasteiger partial charge < -0.3 is 14.6 Å². The molecule has 1 aromatic carbocycles. The van der Waals surface area contributed by atoms with Crippen molar-refractivity contribution < 1.29 is 4.79 Å². The van der Waals surface area contributed by atoms with Crippen molar-refractivity contribution in [3.05, 3.63) is 71.2 Å². The quantitative estimate of drug-likeness (QED) is 0.792. The summed E-state index contributed by atoms with van der Waals surface area (Å²) in [6.45, 7) is 6.44. The zero-order chi connectivity index (χ0) is 18.1. The summed E-state index contributed by atoms with van der Waals surface area (Å²) in [6.07, 6.45) is 4.80. The molecule has 1 fully saturated rings. The van der Waals surface area contributed by atoms with E-state index in [1.54, 1.807) is 0 Å². The molecule has 5 heteroatoms. The molecule has 2 aromatic heterocycles. The average Bonchev–Trinajstić information content (AvgIpc) is 3.10. The maximum absolute atomic E-state index is 13.2. The number of aryl methyl sites for hydroxylation is 2. The second-order valence-electron chi connectivity index (χ2n) is 6.91. The van der Waals surface area contributed by atoms with Crippen molar-refractivity contribution in [2.75, 3.05) is 19.6 Å². The van der Waals surface area contributed by atoms with Gasteiger partial charge in [-0.2, -0.15) is 0 Å². The number of pyridine rings is 1. The van der Waals surface area contributed by atoms with E-state index in [1.165, 1.54) is 11.1 Å². The van der Waals surface area contributed by atoms with Crippen molar-refractivity contribution >= 4 is 11.6 Å². The van der Waals surface area contributed by atoms with E-state index < -0.39 is 0 Å². The molecule has 3 heterocycles. The summed E-state index contributed by atoms with van der Waals surface area (Å²) >= 11 is 0. The Labute approximate surface area is 153 Å². The van der Waals surface area contributed by atoms with Gasteiger partial charge in [-0.25, -0.2) is 4.98 Å². The molecule has 1 N–H and O–H groups in total. The molecule has 0 bridgehead atoms. The fraction of sp³-hybridized carbons (Fsp3) is 0.333. The molecule has 0 spiro atoms. The van der Waals surface area contributed by atoms with Crippen molar-refractivity contribution in [3.63, 3.8) is 0 Å². The van der Waals surface area contributed by atoms with Gasteiger partial charge in [-0.1, -0.05) is 31.2 Å². The summed E-state index contributed by atoms with van der Waals surface area (Å²) in [7, 11) is 0. The lowest BCUT2D eigenvalue weighted by Gasteiger charge is -2.36. The molecule has 1 unspecified atom stereocenters. The van der Waals surface area contributed by atoms with Crippen LogP contribution in [0.5, 0.6) is 0 Å². The number of imidazole rings is 1. The van der Waals surface area contributed by atoms with Gasteiger partial charge >= 0.3 is 0 Å². The highest BCUT2D eigenvalue weighted by Gasteiger charge is 2.29. The van der Waals surface area contributed by atoms with E-state index in [0.717, 1.165) is 30.7 Å². The van der Waals surface area contributed by atoms with E-state index in [0.29, 0.717) is 12.2 Å². The number of benzene rings is 1. The zero-order valence-corrected chi connectivity index (χ0v) is 15.3. The number of hydrogen-bond donors (Lipinski definition) is 1. The SMILES string of the molecule is CCc1ccc(C2CNCCN2C(=O)c2cn3ccc(C)cc3n2)cc1. The van der Waals surface area contributed by atoms with E-state index in [4.69, 9.17) is 0 Å². The van der Waals surface area contributed by atoms with Crippen molar-refractivity contribution in [2.24, 2.45) is 0 Å². The van der Waals surface area contributed by atoms with E-state index >= 15 is 0 Å². The number of piperazine rings is 1. The van der Waals surface area contributed by atoms with E-state index in [2.05, 4.69) is 41.5 Å². The van der Waals surface area contributed by atoms with Crippen molar-refractivity contribution in [2.45, 2.75) is 26.3 Å². The summed E-state index contributed by atoms with van der Waals surface area (Å²) in [6, 6.07) is 12.6. The van der Waals surface area contributed by atoms with Gasteiger partial charge in [0, 0.05) is 32.0 Å².